The molecule has 0 atom stereocenters. The summed E-state index contributed by atoms with van der Waals surface area (Å²) in [6.07, 6.45) is 0.447. The lowest BCUT2D eigenvalue weighted by atomic mass is 10.1. The molecular weight excluding hydrogens is 230 g/mol. The van der Waals surface area contributed by atoms with Gasteiger partial charge < -0.3 is 9.84 Å². The quantitative estimate of drug-likeness (QED) is 0.895. The van der Waals surface area contributed by atoms with Gasteiger partial charge in [0.15, 0.2) is 5.82 Å². The number of aromatic nitrogens is 2. The molecule has 2 rings (SSSR count). The molecule has 94 valence electrons. The number of nitrogens with one attached hydrogen (secondary N) is 1. The largest absolute Gasteiger partial charge is 0.349 e. The molecule has 0 aliphatic heterocycles. The third kappa shape index (κ3) is 2.94. The zero-order valence-electron chi connectivity index (χ0n) is 10.4. The number of hydrogen-bond acceptors (Lipinski definition) is 4. The van der Waals surface area contributed by atoms with Crippen molar-refractivity contribution in [3.8, 4) is 11.5 Å². The summed E-state index contributed by atoms with van der Waals surface area (Å²) >= 11 is 0. The van der Waals surface area contributed by atoms with Crippen LogP contribution in [0.4, 0.5) is 0 Å². The van der Waals surface area contributed by atoms with Gasteiger partial charge in [0.2, 0.25) is 5.91 Å². The van der Waals surface area contributed by atoms with Gasteiger partial charge in [-0.2, -0.15) is 4.98 Å². The van der Waals surface area contributed by atoms with E-state index in [4.69, 9.17) is 4.52 Å². The highest BCUT2D eigenvalue weighted by molar-refractivity contribution is 5.75. The van der Waals surface area contributed by atoms with Crippen LogP contribution >= 0.6 is 0 Å². The third-order valence-corrected chi connectivity index (χ3v) is 2.50. The predicted octanol–water partition coefficient (Wildman–Crippen LogP) is 2.07. The normalized spacial score (nSPS) is 10.3. The van der Waals surface area contributed by atoms with E-state index in [2.05, 4.69) is 15.5 Å². The van der Waals surface area contributed by atoms with Crippen molar-refractivity contribution >= 4 is 5.91 Å². The topological polar surface area (TPSA) is 68.0 Å². The lowest BCUT2D eigenvalue weighted by molar-refractivity contribution is -0.120. The Hall–Kier alpha value is -2.17. The van der Waals surface area contributed by atoms with Crippen molar-refractivity contribution in [2.75, 3.05) is 0 Å². The minimum Gasteiger partial charge on any atom is -0.349 e. The molecule has 0 saturated carbocycles. The molecule has 1 N–H and O–H groups in total. The second-order valence-electron chi connectivity index (χ2n) is 4.02. The van der Waals surface area contributed by atoms with Gasteiger partial charge in [-0.1, -0.05) is 29.8 Å². The number of aryl methyl sites for hydroxylation is 1. The maximum Gasteiger partial charge on any atom is 0.257 e. The monoisotopic (exact) mass is 245 g/mol. The van der Waals surface area contributed by atoms with Crippen LogP contribution in [0.2, 0.25) is 0 Å². The number of carbonyl (C=O) groups is 1. The fourth-order valence-electron chi connectivity index (χ4n) is 1.52. The molecule has 1 aromatic carbocycles. The molecule has 0 aliphatic rings. The molecule has 0 spiro atoms. The minimum atomic E-state index is -0.0306. The Balaban J connectivity index is 2.08. The Kier molecular flexibility index (Phi) is 3.72. The summed E-state index contributed by atoms with van der Waals surface area (Å²) in [4.78, 5) is 15.3. The van der Waals surface area contributed by atoms with Gasteiger partial charge in [-0.05, 0) is 19.1 Å². The molecule has 18 heavy (non-hydrogen) atoms. The average Bonchev–Trinajstić information content (AvgIpc) is 2.84. The Labute approximate surface area is 105 Å². The number of carbonyl (C=O) groups excluding carboxylic acids is 1. The minimum absolute atomic E-state index is 0.0306. The standard InChI is InChI=1S/C13H15N3O2/c1-3-12(17)14-8-11-15-13(18-16-11)10-6-4-5-9(2)7-10/h4-7H,3,8H2,1-2H3,(H,14,17). The number of amides is 1. The van der Waals surface area contributed by atoms with Gasteiger partial charge in [-0.3, -0.25) is 4.79 Å². The van der Waals surface area contributed by atoms with Crippen LogP contribution < -0.4 is 5.32 Å². The third-order valence-electron chi connectivity index (χ3n) is 2.50. The smallest absolute Gasteiger partial charge is 0.257 e. The highest BCUT2D eigenvalue weighted by Gasteiger charge is 2.09. The molecular formula is C13H15N3O2. The fourth-order valence-corrected chi connectivity index (χ4v) is 1.52. The summed E-state index contributed by atoms with van der Waals surface area (Å²) in [6.45, 7) is 4.09. The van der Waals surface area contributed by atoms with E-state index in [1.165, 1.54) is 0 Å². The van der Waals surface area contributed by atoms with Crippen LogP contribution in [-0.4, -0.2) is 16.0 Å². The molecule has 1 aromatic heterocycles. The van der Waals surface area contributed by atoms with E-state index in [9.17, 15) is 4.79 Å². The Morgan fingerprint density at radius 3 is 3.00 bits per heavy atom. The van der Waals surface area contributed by atoms with Crippen molar-refractivity contribution in [2.24, 2.45) is 0 Å². The molecule has 5 heteroatoms. The summed E-state index contributed by atoms with van der Waals surface area (Å²) in [5.74, 6) is 0.921. The first kappa shape index (κ1) is 12.3. The summed E-state index contributed by atoms with van der Waals surface area (Å²) < 4.78 is 5.16. The molecule has 2 aromatic rings. The Morgan fingerprint density at radius 2 is 2.28 bits per heavy atom. The Morgan fingerprint density at radius 1 is 1.44 bits per heavy atom. The molecule has 5 nitrogen and oxygen atoms in total. The molecule has 0 aliphatic carbocycles. The summed E-state index contributed by atoms with van der Waals surface area (Å²) in [5, 5.41) is 6.53. The summed E-state index contributed by atoms with van der Waals surface area (Å²) in [7, 11) is 0. The van der Waals surface area contributed by atoms with E-state index in [0.29, 0.717) is 24.7 Å². The molecule has 0 bridgehead atoms. The van der Waals surface area contributed by atoms with Crippen LogP contribution in [0.3, 0.4) is 0 Å². The van der Waals surface area contributed by atoms with Crippen LogP contribution in [0.5, 0.6) is 0 Å². The number of nitrogens with zero attached hydrogens (tertiary/aromatic N) is 2. The zero-order chi connectivity index (χ0) is 13.0. The fraction of sp³-hybridized carbons (Fsp3) is 0.308. The lowest BCUT2D eigenvalue weighted by Gasteiger charge is -1.97. The predicted molar refractivity (Wildman–Crippen MR) is 66.6 cm³/mol. The molecule has 0 unspecified atom stereocenters. The zero-order valence-corrected chi connectivity index (χ0v) is 10.4. The van der Waals surface area contributed by atoms with Gasteiger partial charge in [0.25, 0.3) is 5.89 Å². The molecule has 0 fully saturated rings. The lowest BCUT2D eigenvalue weighted by Crippen LogP contribution is -2.22. The van der Waals surface area contributed by atoms with E-state index in [1.54, 1.807) is 6.92 Å². The van der Waals surface area contributed by atoms with E-state index in [-0.39, 0.29) is 5.91 Å². The van der Waals surface area contributed by atoms with Crippen LogP contribution in [-0.2, 0) is 11.3 Å². The van der Waals surface area contributed by atoms with E-state index in [1.807, 2.05) is 31.2 Å². The highest BCUT2D eigenvalue weighted by Crippen LogP contribution is 2.17. The first-order chi connectivity index (χ1) is 8.69. The molecule has 1 heterocycles. The van der Waals surface area contributed by atoms with Gasteiger partial charge in [0.1, 0.15) is 0 Å². The van der Waals surface area contributed by atoms with Crippen LogP contribution in [0.25, 0.3) is 11.5 Å². The van der Waals surface area contributed by atoms with Crippen molar-refractivity contribution in [3.63, 3.8) is 0 Å². The maximum atomic E-state index is 11.1. The second kappa shape index (κ2) is 5.44. The van der Waals surface area contributed by atoms with Crippen molar-refractivity contribution in [1.82, 2.24) is 15.5 Å². The summed E-state index contributed by atoms with van der Waals surface area (Å²) in [6, 6.07) is 7.83. The molecule has 0 saturated heterocycles. The van der Waals surface area contributed by atoms with Gasteiger partial charge in [0.05, 0.1) is 6.54 Å². The van der Waals surface area contributed by atoms with Crippen molar-refractivity contribution in [3.05, 3.63) is 35.7 Å². The highest BCUT2D eigenvalue weighted by atomic mass is 16.5. The van der Waals surface area contributed by atoms with Crippen molar-refractivity contribution < 1.29 is 9.32 Å². The van der Waals surface area contributed by atoms with Crippen LogP contribution in [0, 0.1) is 6.92 Å². The number of hydrogen-bond donors (Lipinski definition) is 1. The molecule has 0 radical (unpaired) electrons. The van der Waals surface area contributed by atoms with Crippen LogP contribution in [0.15, 0.2) is 28.8 Å². The second-order valence-corrected chi connectivity index (χ2v) is 4.02. The van der Waals surface area contributed by atoms with Gasteiger partial charge in [-0.15, -0.1) is 0 Å². The van der Waals surface area contributed by atoms with Gasteiger partial charge in [0, 0.05) is 12.0 Å². The SMILES string of the molecule is CCC(=O)NCc1noc(-c2cccc(C)c2)n1. The maximum absolute atomic E-state index is 11.1. The molecule has 1 amide bonds. The average molecular weight is 245 g/mol. The van der Waals surface area contributed by atoms with Gasteiger partial charge >= 0.3 is 0 Å². The van der Waals surface area contributed by atoms with Crippen molar-refractivity contribution in [2.45, 2.75) is 26.8 Å². The van der Waals surface area contributed by atoms with Gasteiger partial charge in [-0.25, -0.2) is 0 Å². The Bertz CT molecular complexity index is 549. The first-order valence-electron chi connectivity index (χ1n) is 5.85. The van der Waals surface area contributed by atoms with E-state index < -0.39 is 0 Å². The van der Waals surface area contributed by atoms with E-state index in [0.717, 1.165) is 11.1 Å². The number of rotatable bonds is 4. The number of benzene rings is 1. The van der Waals surface area contributed by atoms with Crippen molar-refractivity contribution in [1.29, 1.82) is 0 Å². The van der Waals surface area contributed by atoms with Crippen LogP contribution in [0.1, 0.15) is 24.7 Å². The van der Waals surface area contributed by atoms with E-state index >= 15 is 0 Å². The first-order valence-corrected chi connectivity index (χ1v) is 5.85. The summed E-state index contributed by atoms with van der Waals surface area (Å²) in [5.41, 5.74) is 2.02.